The van der Waals surface area contributed by atoms with E-state index in [9.17, 15) is 0 Å². The minimum Gasteiger partial charge on any atom is -0.312 e. The lowest BCUT2D eigenvalue weighted by Gasteiger charge is -2.15. The fraction of sp³-hybridized carbons (Fsp3) is 0.261. The lowest BCUT2D eigenvalue weighted by molar-refractivity contribution is 0.351. The summed E-state index contributed by atoms with van der Waals surface area (Å²) in [5.74, 6) is 0. The van der Waals surface area contributed by atoms with Gasteiger partial charge >= 0.3 is 0 Å². The van der Waals surface area contributed by atoms with Gasteiger partial charge in [0.05, 0.1) is 11.2 Å². The van der Waals surface area contributed by atoms with Crippen molar-refractivity contribution in [3.8, 4) is 16.8 Å². The number of rotatable bonds is 2. The van der Waals surface area contributed by atoms with Crippen molar-refractivity contribution < 1.29 is 0 Å². The van der Waals surface area contributed by atoms with Crippen LogP contribution in [0, 0.1) is 6.92 Å². The highest BCUT2D eigenvalue weighted by atomic mass is 32.1. The Morgan fingerprint density at radius 2 is 1.81 bits per heavy atom. The number of nitrogens with zero attached hydrogens (tertiary/aromatic N) is 3. The Balaban J connectivity index is 1.79. The van der Waals surface area contributed by atoms with Gasteiger partial charge in [-0.3, -0.25) is 4.98 Å². The van der Waals surface area contributed by atoms with Gasteiger partial charge in [-0.25, -0.2) is 0 Å². The second-order valence-corrected chi connectivity index (χ2v) is 8.23. The van der Waals surface area contributed by atoms with Crippen LogP contribution in [0.25, 0.3) is 27.7 Å². The van der Waals surface area contributed by atoms with E-state index in [1.54, 1.807) is 11.3 Å². The summed E-state index contributed by atoms with van der Waals surface area (Å²) in [7, 11) is 2.23. The molecule has 0 spiro atoms. The summed E-state index contributed by atoms with van der Waals surface area (Å²) in [4.78, 5) is 6.64. The standard InChI is InChI=1S/C23H23N3S/c1-16-3-4-21-19(13-16)18-7-11-25(2)12-8-22(18)26(21)23-15-27-14-20(23)17-5-9-24-10-6-17/h3-6,9-10,13-15H,7-8,11-12H2,1-2H3. The summed E-state index contributed by atoms with van der Waals surface area (Å²) in [6, 6.07) is 11.1. The first-order valence-corrected chi connectivity index (χ1v) is 10.4. The predicted octanol–water partition coefficient (Wildman–Crippen LogP) is 5.09. The molecule has 0 atom stereocenters. The summed E-state index contributed by atoms with van der Waals surface area (Å²) >= 11 is 1.78. The van der Waals surface area contributed by atoms with E-state index in [1.165, 1.54) is 44.5 Å². The number of hydrogen-bond donors (Lipinski definition) is 0. The van der Waals surface area contributed by atoms with Gasteiger partial charge in [-0.15, -0.1) is 11.3 Å². The maximum atomic E-state index is 4.19. The van der Waals surface area contributed by atoms with E-state index >= 15 is 0 Å². The van der Waals surface area contributed by atoms with E-state index in [1.807, 2.05) is 12.4 Å². The van der Waals surface area contributed by atoms with Crippen LogP contribution < -0.4 is 0 Å². The monoisotopic (exact) mass is 373 g/mol. The van der Waals surface area contributed by atoms with Crippen molar-refractivity contribution in [2.45, 2.75) is 19.8 Å². The van der Waals surface area contributed by atoms with Crippen LogP contribution in [-0.4, -0.2) is 34.6 Å². The Hall–Kier alpha value is -2.43. The normalized spacial score (nSPS) is 15.0. The molecule has 0 aliphatic carbocycles. The van der Waals surface area contributed by atoms with Crippen LogP contribution in [0.4, 0.5) is 0 Å². The molecule has 4 heteroatoms. The third-order valence-electron chi connectivity index (χ3n) is 5.68. The molecular formula is C23H23N3S. The summed E-state index contributed by atoms with van der Waals surface area (Å²) in [5, 5.41) is 5.98. The number of pyridine rings is 1. The van der Waals surface area contributed by atoms with E-state index in [-0.39, 0.29) is 0 Å². The molecule has 0 fully saturated rings. The zero-order valence-corrected chi connectivity index (χ0v) is 16.6. The Labute approximate surface area is 163 Å². The predicted molar refractivity (Wildman–Crippen MR) is 114 cm³/mol. The third-order valence-corrected chi connectivity index (χ3v) is 6.42. The Kier molecular flexibility index (Phi) is 4.10. The van der Waals surface area contributed by atoms with Crippen molar-refractivity contribution >= 4 is 22.2 Å². The highest BCUT2D eigenvalue weighted by Crippen LogP contribution is 2.37. The van der Waals surface area contributed by atoms with Crippen molar-refractivity contribution in [3.63, 3.8) is 0 Å². The minimum atomic E-state index is 1.09. The number of aromatic nitrogens is 2. The van der Waals surface area contributed by atoms with Crippen molar-refractivity contribution in [1.82, 2.24) is 14.5 Å². The molecule has 5 rings (SSSR count). The second kappa shape index (κ2) is 6.63. The lowest BCUT2D eigenvalue weighted by atomic mass is 10.1. The molecule has 136 valence electrons. The van der Waals surface area contributed by atoms with Crippen LogP contribution in [0.2, 0.25) is 0 Å². The highest BCUT2D eigenvalue weighted by molar-refractivity contribution is 7.08. The Bertz CT molecular complexity index is 1110. The maximum Gasteiger partial charge on any atom is 0.0644 e. The van der Waals surface area contributed by atoms with Gasteiger partial charge in [0.2, 0.25) is 0 Å². The zero-order valence-electron chi connectivity index (χ0n) is 15.8. The smallest absolute Gasteiger partial charge is 0.0644 e. The number of hydrogen-bond acceptors (Lipinski definition) is 3. The molecule has 0 amide bonds. The van der Waals surface area contributed by atoms with Crippen LogP contribution in [0.3, 0.4) is 0 Å². The molecule has 0 unspecified atom stereocenters. The van der Waals surface area contributed by atoms with E-state index in [4.69, 9.17) is 0 Å². The van der Waals surface area contributed by atoms with Crippen molar-refractivity contribution in [2.75, 3.05) is 20.1 Å². The van der Waals surface area contributed by atoms with E-state index in [0.29, 0.717) is 0 Å². The number of likely N-dealkylation sites (N-methyl/N-ethyl adjacent to an activating group) is 1. The number of benzene rings is 1. The van der Waals surface area contributed by atoms with Crippen molar-refractivity contribution in [3.05, 3.63) is 70.3 Å². The number of aryl methyl sites for hydroxylation is 1. The molecule has 3 nitrogen and oxygen atoms in total. The zero-order chi connectivity index (χ0) is 18.4. The first kappa shape index (κ1) is 16.7. The van der Waals surface area contributed by atoms with Gasteiger partial charge in [0.25, 0.3) is 0 Å². The third kappa shape index (κ3) is 2.80. The lowest BCUT2D eigenvalue weighted by Crippen LogP contribution is -2.21. The fourth-order valence-electron chi connectivity index (χ4n) is 4.26. The molecule has 1 aromatic carbocycles. The molecule has 4 aromatic rings. The van der Waals surface area contributed by atoms with Crippen LogP contribution >= 0.6 is 11.3 Å². The molecular weight excluding hydrogens is 350 g/mol. The fourth-order valence-corrected chi connectivity index (χ4v) is 5.08. The van der Waals surface area contributed by atoms with Gasteiger partial charge < -0.3 is 9.47 Å². The maximum absolute atomic E-state index is 4.19. The Morgan fingerprint density at radius 1 is 1.00 bits per heavy atom. The average molecular weight is 374 g/mol. The second-order valence-electron chi connectivity index (χ2n) is 7.49. The molecule has 4 heterocycles. The SMILES string of the molecule is Cc1ccc2c(c1)c1c(n2-c2cscc2-c2ccncc2)CCN(C)CC1. The minimum absolute atomic E-state index is 1.09. The van der Waals surface area contributed by atoms with E-state index in [2.05, 4.69) is 69.5 Å². The van der Waals surface area contributed by atoms with Crippen LogP contribution in [0.15, 0.2) is 53.5 Å². The Morgan fingerprint density at radius 3 is 2.67 bits per heavy atom. The molecule has 0 saturated carbocycles. The topological polar surface area (TPSA) is 21.1 Å². The van der Waals surface area contributed by atoms with Gasteiger partial charge in [-0.2, -0.15) is 0 Å². The van der Waals surface area contributed by atoms with Gasteiger partial charge in [0.15, 0.2) is 0 Å². The highest BCUT2D eigenvalue weighted by Gasteiger charge is 2.23. The summed E-state index contributed by atoms with van der Waals surface area (Å²) in [5.41, 5.74) is 9.50. The first-order valence-electron chi connectivity index (χ1n) is 9.50. The molecule has 0 bridgehead atoms. The van der Waals surface area contributed by atoms with Gasteiger partial charge in [0, 0.05) is 59.3 Å². The van der Waals surface area contributed by atoms with E-state index < -0.39 is 0 Å². The summed E-state index contributed by atoms with van der Waals surface area (Å²) in [6.07, 6.45) is 5.96. The first-order chi connectivity index (χ1) is 13.2. The van der Waals surface area contributed by atoms with Gasteiger partial charge in [0.1, 0.15) is 0 Å². The quantitative estimate of drug-likeness (QED) is 0.488. The molecule has 0 N–H and O–H groups in total. The molecule has 1 aliphatic rings. The largest absolute Gasteiger partial charge is 0.312 e. The number of thiophene rings is 1. The summed E-state index contributed by atoms with van der Waals surface area (Å²) < 4.78 is 2.52. The van der Waals surface area contributed by atoms with Gasteiger partial charge in [-0.05, 0) is 55.8 Å². The molecule has 0 radical (unpaired) electrons. The number of fused-ring (bicyclic) bond motifs is 3. The molecule has 27 heavy (non-hydrogen) atoms. The van der Waals surface area contributed by atoms with Crippen molar-refractivity contribution in [1.29, 1.82) is 0 Å². The molecule has 0 saturated heterocycles. The van der Waals surface area contributed by atoms with E-state index in [0.717, 1.165) is 25.9 Å². The van der Waals surface area contributed by atoms with Crippen LogP contribution in [-0.2, 0) is 12.8 Å². The van der Waals surface area contributed by atoms with Gasteiger partial charge in [-0.1, -0.05) is 11.6 Å². The van der Waals surface area contributed by atoms with Crippen molar-refractivity contribution in [2.24, 2.45) is 0 Å². The molecule has 1 aliphatic heterocycles. The average Bonchev–Trinajstić information content (AvgIpc) is 3.21. The molecule has 3 aromatic heterocycles. The van der Waals surface area contributed by atoms with Crippen LogP contribution in [0.5, 0.6) is 0 Å². The summed E-state index contributed by atoms with van der Waals surface area (Å²) in [6.45, 7) is 4.43. The van der Waals surface area contributed by atoms with Crippen LogP contribution in [0.1, 0.15) is 16.8 Å².